The lowest BCUT2D eigenvalue weighted by molar-refractivity contribution is 0.328. The first kappa shape index (κ1) is 20.1. The molecule has 2 heterocycles. The molecule has 1 aliphatic carbocycles. The van der Waals surface area contributed by atoms with Crippen LogP contribution in [0.4, 0.5) is 5.69 Å². The van der Waals surface area contributed by atoms with E-state index >= 15 is 0 Å². The maximum Gasteiger partial charge on any atom is 0.137 e. The summed E-state index contributed by atoms with van der Waals surface area (Å²) in [6, 6.07) is 6.65. The lowest BCUT2D eigenvalue weighted by atomic mass is 9.85. The minimum absolute atomic E-state index is 0.720. The Morgan fingerprint density at radius 2 is 2.00 bits per heavy atom. The molecule has 0 aromatic heterocycles. The van der Waals surface area contributed by atoms with Crippen LogP contribution in [-0.2, 0) is 11.2 Å². The number of benzene rings is 1. The van der Waals surface area contributed by atoms with Crippen LogP contribution in [0.1, 0.15) is 58.1 Å². The minimum Gasteiger partial charge on any atom is -0.464 e. The van der Waals surface area contributed by atoms with Crippen LogP contribution < -0.4 is 10.1 Å². The molecule has 0 saturated carbocycles. The number of nitrogens with zero attached hydrogens (tertiary/aromatic N) is 1. The van der Waals surface area contributed by atoms with Gasteiger partial charge >= 0.3 is 0 Å². The molecule has 2 aliphatic heterocycles. The second-order valence-electron chi connectivity index (χ2n) is 7.89. The zero-order valence-electron chi connectivity index (χ0n) is 18.2. The van der Waals surface area contributed by atoms with E-state index in [0.29, 0.717) is 0 Å². The lowest BCUT2D eigenvalue weighted by Gasteiger charge is -2.29. The summed E-state index contributed by atoms with van der Waals surface area (Å²) in [4.78, 5) is 0. The molecule has 30 heavy (non-hydrogen) atoms. The SMILES string of the molecule is CCNc1cc2c(cc1CC)C(C)=C/C(=C1\CCCC3=C1OC=C/C3=C(/C)C#N)O2. The molecule has 1 aromatic rings. The molecular formula is C26H28N2O2. The van der Waals surface area contributed by atoms with E-state index in [0.717, 1.165) is 83.0 Å². The molecule has 1 N–H and O–H groups in total. The fraction of sp³-hybridized carbons (Fsp3) is 0.346. The first-order valence-corrected chi connectivity index (χ1v) is 10.8. The van der Waals surface area contributed by atoms with Crippen LogP contribution in [-0.4, -0.2) is 6.54 Å². The lowest BCUT2D eigenvalue weighted by Crippen LogP contribution is -2.15. The molecule has 154 valence electrons. The van der Waals surface area contributed by atoms with Crippen molar-refractivity contribution in [2.24, 2.45) is 0 Å². The number of rotatable bonds is 3. The fourth-order valence-corrected chi connectivity index (χ4v) is 4.40. The largest absolute Gasteiger partial charge is 0.464 e. The molecule has 4 rings (SSSR count). The van der Waals surface area contributed by atoms with Gasteiger partial charge in [0, 0.05) is 40.6 Å². The monoisotopic (exact) mass is 400 g/mol. The van der Waals surface area contributed by atoms with Crippen molar-refractivity contribution in [2.75, 3.05) is 11.9 Å². The normalized spacial score (nSPS) is 21.6. The third-order valence-corrected chi connectivity index (χ3v) is 5.96. The first-order chi connectivity index (χ1) is 14.6. The van der Waals surface area contributed by atoms with Crippen LogP contribution in [0.3, 0.4) is 0 Å². The van der Waals surface area contributed by atoms with Crippen LogP contribution in [0, 0.1) is 11.3 Å². The highest BCUT2D eigenvalue weighted by Crippen LogP contribution is 2.43. The van der Waals surface area contributed by atoms with Crippen molar-refractivity contribution in [2.45, 2.75) is 53.4 Å². The van der Waals surface area contributed by atoms with Gasteiger partial charge in [-0.05, 0) is 81.4 Å². The molecule has 0 radical (unpaired) electrons. The Kier molecular flexibility index (Phi) is 5.55. The van der Waals surface area contributed by atoms with Crippen molar-refractivity contribution < 1.29 is 9.47 Å². The first-order valence-electron chi connectivity index (χ1n) is 10.8. The van der Waals surface area contributed by atoms with E-state index in [2.05, 4.69) is 50.4 Å². The van der Waals surface area contributed by atoms with E-state index in [1.807, 2.05) is 13.0 Å². The van der Waals surface area contributed by atoms with E-state index in [1.165, 1.54) is 11.1 Å². The smallest absolute Gasteiger partial charge is 0.137 e. The summed E-state index contributed by atoms with van der Waals surface area (Å²) in [5.41, 5.74) is 8.67. The Bertz CT molecular complexity index is 1090. The molecular weight excluding hydrogens is 372 g/mol. The van der Waals surface area contributed by atoms with Crippen LogP contribution in [0.15, 0.2) is 64.4 Å². The Hall–Kier alpha value is -3.19. The van der Waals surface area contributed by atoms with Gasteiger partial charge in [-0.3, -0.25) is 0 Å². The second kappa shape index (κ2) is 8.28. The molecule has 4 heteroatoms. The van der Waals surface area contributed by atoms with Crippen LogP contribution in [0.2, 0.25) is 0 Å². The number of allylic oxidation sites excluding steroid dienone is 7. The van der Waals surface area contributed by atoms with Gasteiger partial charge in [0.2, 0.25) is 0 Å². The van der Waals surface area contributed by atoms with Gasteiger partial charge in [0.15, 0.2) is 0 Å². The zero-order chi connectivity index (χ0) is 21.3. The highest BCUT2D eigenvalue weighted by Gasteiger charge is 2.29. The molecule has 0 fully saturated rings. The molecule has 0 atom stereocenters. The summed E-state index contributed by atoms with van der Waals surface area (Å²) < 4.78 is 12.4. The van der Waals surface area contributed by atoms with Crippen LogP contribution >= 0.6 is 0 Å². The second-order valence-corrected chi connectivity index (χ2v) is 7.89. The van der Waals surface area contributed by atoms with Crippen molar-refractivity contribution in [3.8, 4) is 11.8 Å². The summed E-state index contributed by atoms with van der Waals surface area (Å²) in [5, 5.41) is 12.9. The van der Waals surface area contributed by atoms with Gasteiger partial charge in [0.25, 0.3) is 0 Å². The molecule has 0 saturated heterocycles. The van der Waals surface area contributed by atoms with E-state index in [4.69, 9.17) is 9.47 Å². The molecule has 1 aromatic carbocycles. The predicted octanol–water partition coefficient (Wildman–Crippen LogP) is 6.55. The number of aryl methyl sites for hydroxylation is 1. The maximum absolute atomic E-state index is 9.39. The Balaban J connectivity index is 1.82. The average Bonchev–Trinajstić information content (AvgIpc) is 2.77. The number of anilines is 1. The molecule has 0 amide bonds. The number of fused-ring (bicyclic) bond motifs is 1. The zero-order valence-corrected chi connectivity index (χ0v) is 18.2. The van der Waals surface area contributed by atoms with E-state index < -0.39 is 0 Å². The highest BCUT2D eigenvalue weighted by molar-refractivity contribution is 5.78. The molecule has 4 nitrogen and oxygen atoms in total. The molecule has 0 unspecified atom stereocenters. The standard InChI is InChI=1S/C26H28N2O2/c1-5-18-13-22-16(3)12-24(30-25(22)14-23(18)28-6-2)21-9-7-8-20-19(17(4)15-27)10-11-29-26(20)21/h10-14,28H,5-9H2,1-4H3/b19-17+,24-21-. The summed E-state index contributed by atoms with van der Waals surface area (Å²) >= 11 is 0. The number of nitriles is 1. The van der Waals surface area contributed by atoms with Gasteiger partial charge in [-0.15, -0.1) is 0 Å². The van der Waals surface area contributed by atoms with Crippen LogP contribution in [0.5, 0.6) is 5.75 Å². The summed E-state index contributed by atoms with van der Waals surface area (Å²) in [6.45, 7) is 9.16. The third-order valence-electron chi connectivity index (χ3n) is 5.96. The van der Waals surface area contributed by atoms with E-state index in [1.54, 1.807) is 6.26 Å². The van der Waals surface area contributed by atoms with E-state index in [-0.39, 0.29) is 0 Å². The van der Waals surface area contributed by atoms with Gasteiger partial charge in [-0.25, -0.2) is 0 Å². The maximum atomic E-state index is 9.39. The van der Waals surface area contributed by atoms with Gasteiger partial charge in [0.1, 0.15) is 17.3 Å². The fourth-order valence-electron chi connectivity index (χ4n) is 4.40. The minimum atomic E-state index is 0.720. The van der Waals surface area contributed by atoms with Gasteiger partial charge in [0.05, 0.1) is 12.3 Å². The Labute approximate surface area is 178 Å². The van der Waals surface area contributed by atoms with Crippen molar-refractivity contribution >= 4 is 11.3 Å². The van der Waals surface area contributed by atoms with E-state index in [9.17, 15) is 5.26 Å². The summed E-state index contributed by atoms with van der Waals surface area (Å²) in [5.74, 6) is 2.59. The van der Waals surface area contributed by atoms with Crippen LogP contribution in [0.25, 0.3) is 5.57 Å². The third kappa shape index (κ3) is 3.45. The number of ether oxygens (including phenoxy) is 2. The van der Waals surface area contributed by atoms with Gasteiger partial charge < -0.3 is 14.8 Å². The topological polar surface area (TPSA) is 54.3 Å². The summed E-state index contributed by atoms with van der Waals surface area (Å²) in [7, 11) is 0. The van der Waals surface area contributed by atoms with Crippen molar-refractivity contribution in [3.05, 3.63) is 75.5 Å². The Morgan fingerprint density at radius 3 is 2.73 bits per heavy atom. The van der Waals surface area contributed by atoms with Crippen molar-refractivity contribution in [1.29, 1.82) is 5.26 Å². The Morgan fingerprint density at radius 1 is 1.20 bits per heavy atom. The molecule has 3 aliphatic rings. The predicted molar refractivity (Wildman–Crippen MR) is 121 cm³/mol. The van der Waals surface area contributed by atoms with Crippen molar-refractivity contribution in [3.63, 3.8) is 0 Å². The van der Waals surface area contributed by atoms with Crippen molar-refractivity contribution in [1.82, 2.24) is 0 Å². The van der Waals surface area contributed by atoms with Gasteiger partial charge in [-0.1, -0.05) is 6.92 Å². The summed E-state index contributed by atoms with van der Waals surface area (Å²) in [6.07, 6.45) is 9.51. The molecule has 0 bridgehead atoms. The highest BCUT2D eigenvalue weighted by atomic mass is 16.5. The quantitative estimate of drug-likeness (QED) is 0.584. The number of nitrogens with one attached hydrogen (secondary N) is 1. The number of hydrogen-bond donors (Lipinski definition) is 1. The molecule has 0 spiro atoms. The number of hydrogen-bond acceptors (Lipinski definition) is 4. The van der Waals surface area contributed by atoms with Gasteiger partial charge in [-0.2, -0.15) is 5.26 Å². The average molecular weight is 401 g/mol.